The third-order valence-corrected chi connectivity index (χ3v) is 3.14. The van der Waals surface area contributed by atoms with Crippen LogP contribution in [0.4, 0.5) is 0 Å². The van der Waals surface area contributed by atoms with Crippen LogP contribution in [-0.4, -0.2) is 47.7 Å². The molecule has 1 heterocycles. The highest BCUT2D eigenvalue weighted by Crippen LogP contribution is 2.12. The van der Waals surface area contributed by atoms with Gasteiger partial charge in [-0.1, -0.05) is 13.8 Å². The predicted octanol–water partition coefficient (Wildman–Crippen LogP) is 1.29. The summed E-state index contributed by atoms with van der Waals surface area (Å²) in [4.78, 5) is 4.98. The SMILES string of the molecule is CCN(CC)CN1CCSC1. The lowest BCUT2D eigenvalue weighted by molar-refractivity contribution is 0.173. The number of rotatable bonds is 4. The lowest BCUT2D eigenvalue weighted by atomic mass is 10.5. The van der Waals surface area contributed by atoms with Gasteiger partial charge in [-0.25, -0.2) is 0 Å². The van der Waals surface area contributed by atoms with Crippen molar-refractivity contribution in [3.05, 3.63) is 0 Å². The maximum absolute atomic E-state index is 2.51. The van der Waals surface area contributed by atoms with E-state index in [0.717, 1.165) is 0 Å². The van der Waals surface area contributed by atoms with E-state index in [9.17, 15) is 0 Å². The van der Waals surface area contributed by atoms with Crippen LogP contribution in [0.1, 0.15) is 13.8 Å². The van der Waals surface area contributed by atoms with Crippen molar-refractivity contribution in [3.8, 4) is 0 Å². The molecular formula is C8H18N2S. The van der Waals surface area contributed by atoms with Crippen LogP contribution in [0.15, 0.2) is 0 Å². The van der Waals surface area contributed by atoms with Crippen LogP contribution in [0.3, 0.4) is 0 Å². The summed E-state index contributed by atoms with van der Waals surface area (Å²) in [5.41, 5.74) is 0. The first-order valence-corrected chi connectivity index (χ1v) is 5.54. The molecular weight excluding hydrogens is 156 g/mol. The zero-order chi connectivity index (χ0) is 8.10. The second-order valence-electron chi connectivity index (χ2n) is 2.88. The quantitative estimate of drug-likeness (QED) is 0.634. The summed E-state index contributed by atoms with van der Waals surface area (Å²) in [6.45, 7) is 9.26. The van der Waals surface area contributed by atoms with E-state index < -0.39 is 0 Å². The molecule has 0 aliphatic carbocycles. The summed E-state index contributed by atoms with van der Waals surface area (Å²) in [6.07, 6.45) is 0. The first-order chi connectivity index (χ1) is 5.36. The zero-order valence-electron chi connectivity index (χ0n) is 7.55. The molecule has 0 amide bonds. The predicted molar refractivity (Wildman–Crippen MR) is 51.8 cm³/mol. The fraction of sp³-hybridized carbons (Fsp3) is 1.00. The maximum Gasteiger partial charge on any atom is 0.0513 e. The van der Waals surface area contributed by atoms with E-state index in [-0.39, 0.29) is 0 Å². The molecule has 0 aromatic heterocycles. The van der Waals surface area contributed by atoms with Crippen LogP contribution in [0.25, 0.3) is 0 Å². The van der Waals surface area contributed by atoms with E-state index in [1.165, 1.54) is 37.9 Å². The molecule has 11 heavy (non-hydrogen) atoms. The maximum atomic E-state index is 2.51. The van der Waals surface area contributed by atoms with E-state index in [4.69, 9.17) is 0 Å². The second kappa shape index (κ2) is 5.01. The molecule has 1 rings (SSSR count). The molecule has 1 fully saturated rings. The van der Waals surface area contributed by atoms with Crippen molar-refractivity contribution in [1.29, 1.82) is 0 Å². The smallest absolute Gasteiger partial charge is 0.0513 e. The van der Waals surface area contributed by atoms with Gasteiger partial charge in [-0.3, -0.25) is 9.80 Å². The Hall–Kier alpha value is 0.270. The molecule has 3 heteroatoms. The van der Waals surface area contributed by atoms with Gasteiger partial charge in [0.25, 0.3) is 0 Å². The van der Waals surface area contributed by atoms with Gasteiger partial charge in [-0.05, 0) is 13.1 Å². The minimum Gasteiger partial charge on any atom is -0.291 e. The molecule has 2 nitrogen and oxygen atoms in total. The molecule has 0 radical (unpaired) electrons. The zero-order valence-corrected chi connectivity index (χ0v) is 8.36. The number of nitrogens with zero attached hydrogens (tertiary/aromatic N) is 2. The minimum atomic E-state index is 1.17. The van der Waals surface area contributed by atoms with Gasteiger partial charge < -0.3 is 0 Å². The van der Waals surface area contributed by atoms with Crippen LogP contribution in [0.2, 0.25) is 0 Å². The third-order valence-electron chi connectivity index (χ3n) is 2.12. The average Bonchev–Trinajstić information content (AvgIpc) is 2.52. The summed E-state index contributed by atoms with van der Waals surface area (Å²) in [7, 11) is 0. The number of hydrogen-bond acceptors (Lipinski definition) is 3. The molecule has 0 spiro atoms. The van der Waals surface area contributed by atoms with Crippen molar-refractivity contribution in [2.45, 2.75) is 13.8 Å². The Morgan fingerprint density at radius 3 is 2.55 bits per heavy atom. The van der Waals surface area contributed by atoms with Gasteiger partial charge in [-0.15, -0.1) is 11.8 Å². The largest absolute Gasteiger partial charge is 0.291 e. The second-order valence-corrected chi connectivity index (χ2v) is 3.95. The molecule has 1 saturated heterocycles. The van der Waals surface area contributed by atoms with Crippen LogP contribution in [-0.2, 0) is 0 Å². The highest BCUT2D eigenvalue weighted by atomic mass is 32.2. The molecule has 0 atom stereocenters. The van der Waals surface area contributed by atoms with Crippen LogP contribution >= 0.6 is 11.8 Å². The fourth-order valence-electron chi connectivity index (χ4n) is 1.27. The van der Waals surface area contributed by atoms with E-state index in [1.807, 2.05) is 11.8 Å². The van der Waals surface area contributed by atoms with E-state index in [1.54, 1.807) is 0 Å². The van der Waals surface area contributed by atoms with Crippen LogP contribution in [0, 0.1) is 0 Å². The monoisotopic (exact) mass is 174 g/mol. The summed E-state index contributed by atoms with van der Waals surface area (Å²) < 4.78 is 0. The van der Waals surface area contributed by atoms with E-state index in [2.05, 4.69) is 23.6 Å². The number of hydrogen-bond donors (Lipinski definition) is 0. The first-order valence-electron chi connectivity index (χ1n) is 4.39. The van der Waals surface area contributed by atoms with E-state index in [0.29, 0.717) is 0 Å². The Morgan fingerprint density at radius 1 is 1.36 bits per heavy atom. The summed E-state index contributed by atoms with van der Waals surface area (Å²) in [5, 5.41) is 0. The Bertz CT molecular complexity index is 98.3. The highest BCUT2D eigenvalue weighted by molar-refractivity contribution is 7.99. The van der Waals surface area contributed by atoms with Gasteiger partial charge in [0.1, 0.15) is 0 Å². The Labute approximate surface area is 73.9 Å². The average molecular weight is 174 g/mol. The van der Waals surface area contributed by atoms with Crippen molar-refractivity contribution in [2.24, 2.45) is 0 Å². The van der Waals surface area contributed by atoms with Gasteiger partial charge in [0.15, 0.2) is 0 Å². The standard InChI is InChI=1S/C8H18N2S/c1-3-9(4-2)7-10-5-6-11-8-10/h3-8H2,1-2H3. The molecule has 0 saturated carbocycles. The molecule has 1 aliphatic heterocycles. The molecule has 66 valence electrons. The number of thioether (sulfide) groups is 1. The molecule has 0 aromatic rings. The molecule has 0 bridgehead atoms. The molecule has 0 unspecified atom stereocenters. The van der Waals surface area contributed by atoms with Gasteiger partial charge >= 0.3 is 0 Å². The Morgan fingerprint density at radius 2 is 2.09 bits per heavy atom. The molecule has 0 aromatic carbocycles. The van der Waals surface area contributed by atoms with Crippen LogP contribution < -0.4 is 0 Å². The van der Waals surface area contributed by atoms with Gasteiger partial charge in [0.2, 0.25) is 0 Å². The molecule has 1 aliphatic rings. The topological polar surface area (TPSA) is 6.48 Å². The van der Waals surface area contributed by atoms with Gasteiger partial charge in [-0.2, -0.15) is 0 Å². The van der Waals surface area contributed by atoms with Crippen molar-refractivity contribution >= 4 is 11.8 Å². The van der Waals surface area contributed by atoms with Crippen molar-refractivity contribution < 1.29 is 0 Å². The van der Waals surface area contributed by atoms with Crippen LogP contribution in [0.5, 0.6) is 0 Å². The van der Waals surface area contributed by atoms with Crippen molar-refractivity contribution in [1.82, 2.24) is 9.80 Å². The third kappa shape index (κ3) is 3.01. The lowest BCUT2D eigenvalue weighted by Crippen LogP contribution is -2.36. The minimum absolute atomic E-state index is 1.17. The molecule has 0 N–H and O–H groups in total. The summed E-state index contributed by atoms with van der Waals surface area (Å²) in [6, 6.07) is 0. The van der Waals surface area contributed by atoms with Gasteiger partial charge in [0.05, 0.1) is 6.67 Å². The Kier molecular flexibility index (Phi) is 4.26. The normalized spacial score (nSPS) is 19.9. The summed E-state index contributed by atoms with van der Waals surface area (Å²) >= 11 is 2.04. The Balaban J connectivity index is 2.16. The van der Waals surface area contributed by atoms with Gasteiger partial charge in [0, 0.05) is 18.2 Å². The first kappa shape index (κ1) is 9.36. The lowest BCUT2D eigenvalue weighted by Gasteiger charge is -2.24. The highest BCUT2D eigenvalue weighted by Gasteiger charge is 2.13. The fourth-order valence-corrected chi connectivity index (χ4v) is 2.26. The van der Waals surface area contributed by atoms with Crippen molar-refractivity contribution in [2.75, 3.05) is 37.9 Å². The summed E-state index contributed by atoms with van der Waals surface area (Å²) in [5.74, 6) is 2.55. The van der Waals surface area contributed by atoms with E-state index >= 15 is 0 Å². The van der Waals surface area contributed by atoms with Crippen molar-refractivity contribution in [3.63, 3.8) is 0 Å².